The van der Waals surface area contributed by atoms with Crippen LogP contribution in [-0.2, 0) is 4.79 Å². The van der Waals surface area contributed by atoms with E-state index < -0.39 is 0 Å². The molecule has 0 unspecified atom stereocenters. The Balaban J connectivity index is 1.97. The molecule has 1 amide bonds. The van der Waals surface area contributed by atoms with Crippen molar-refractivity contribution < 1.29 is 4.79 Å². The highest BCUT2D eigenvalue weighted by Crippen LogP contribution is 2.12. The Morgan fingerprint density at radius 1 is 1.05 bits per heavy atom. The molecule has 0 bridgehead atoms. The Kier molecular flexibility index (Phi) is 9.88. The predicted octanol–water partition coefficient (Wildman–Crippen LogP) is 5.59. The highest BCUT2D eigenvalue weighted by Gasteiger charge is 2.02. The first-order chi connectivity index (χ1) is 10.2. The number of halogens is 1. The van der Waals surface area contributed by atoms with E-state index in [1.54, 1.807) is 18.3 Å². The summed E-state index contributed by atoms with van der Waals surface area (Å²) in [5, 5.41) is 3.27. The lowest BCUT2D eigenvalue weighted by molar-refractivity contribution is -0.116. The maximum absolute atomic E-state index is 11.7. The van der Waals surface area contributed by atoms with Gasteiger partial charge in [0.05, 0.1) is 11.9 Å². The van der Waals surface area contributed by atoms with Gasteiger partial charge in [0, 0.05) is 6.42 Å². The van der Waals surface area contributed by atoms with Gasteiger partial charge in [-0.15, -0.1) is 0 Å². The zero-order valence-corrected chi connectivity index (χ0v) is 13.8. The maximum Gasteiger partial charge on any atom is 0.224 e. The van der Waals surface area contributed by atoms with Crippen LogP contribution in [0.2, 0.25) is 5.15 Å². The molecule has 0 aliphatic carbocycles. The van der Waals surface area contributed by atoms with Crippen molar-refractivity contribution in [2.75, 3.05) is 5.32 Å². The second kappa shape index (κ2) is 11.6. The minimum absolute atomic E-state index is 0.0575. The average molecular weight is 311 g/mol. The molecule has 0 radical (unpaired) electrons. The Morgan fingerprint density at radius 3 is 2.24 bits per heavy atom. The maximum atomic E-state index is 11.7. The van der Waals surface area contributed by atoms with Gasteiger partial charge in [0.1, 0.15) is 5.15 Å². The predicted molar refractivity (Wildman–Crippen MR) is 89.7 cm³/mol. The van der Waals surface area contributed by atoms with Gasteiger partial charge in [-0.3, -0.25) is 4.79 Å². The lowest BCUT2D eigenvalue weighted by Gasteiger charge is -2.05. The van der Waals surface area contributed by atoms with Gasteiger partial charge in [0.15, 0.2) is 0 Å². The van der Waals surface area contributed by atoms with E-state index >= 15 is 0 Å². The summed E-state index contributed by atoms with van der Waals surface area (Å²) in [6.07, 6.45) is 13.5. The number of carbonyl (C=O) groups excluding carboxylic acids is 1. The minimum Gasteiger partial charge on any atom is -0.325 e. The number of nitrogens with one attached hydrogen (secondary N) is 1. The Bertz CT molecular complexity index is 392. The molecule has 1 N–H and O–H groups in total. The Labute approximate surface area is 133 Å². The molecule has 0 aliphatic rings. The van der Waals surface area contributed by atoms with Crippen LogP contribution in [0.25, 0.3) is 0 Å². The minimum atomic E-state index is 0.0575. The summed E-state index contributed by atoms with van der Waals surface area (Å²) < 4.78 is 0. The molecule has 1 heterocycles. The van der Waals surface area contributed by atoms with Crippen molar-refractivity contribution in [1.82, 2.24) is 4.98 Å². The normalized spacial score (nSPS) is 10.6. The number of carbonyl (C=O) groups is 1. The van der Waals surface area contributed by atoms with Crippen molar-refractivity contribution in [2.45, 2.75) is 71.1 Å². The van der Waals surface area contributed by atoms with Crippen molar-refractivity contribution in [3.05, 3.63) is 23.5 Å². The van der Waals surface area contributed by atoms with Gasteiger partial charge in [-0.05, 0) is 18.6 Å². The summed E-state index contributed by atoms with van der Waals surface area (Å²) in [5.74, 6) is 0.0575. The molecule has 0 spiro atoms. The number of anilines is 1. The van der Waals surface area contributed by atoms with E-state index in [1.165, 1.54) is 44.9 Å². The zero-order valence-electron chi connectivity index (χ0n) is 13.0. The SMILES string of the molecule is CCCCCCCCCCCC(=O)Nc1ccc(Cl)nc1. The van der Waals surface area contributed by atoms with Crippen LogP contribution in [0.1, 0.15) is 71.1 Å². The third-order valence-corrected chi connectivity index (χ3v) is 3.74. The average Bonchev–Trinajstić information content (AvgIpc) is 2.48. The largest absolute Gasteiger partial charge is 0.325 e. The second-order valence-corrected chi connectivity index (χ2v) is 5.88. The fourth-order valence-corrected chi connectivity index (χ4v) is 2.38. The first kappa shape index (κ1) is 18.0. The number of rotatable bonds is 11. The highest BCUT2D eigenvalue weighted by molar-refractivity contribution is 6.29. The quantitative estimate of drug-likeness (QED) is 0.427. The van der Waals surface area contributed by atoms with E-state index in [1.807, 2.05) is 0 Å². The van der Waals surface area contributed by atoms with Gasteiger partial charge in [0.25, 0.3) is 0 Å². The molecule has 118 valence electrons. The van der Waals surface area contributed by atoms with Gasteiger partial charge in [-0.25, -0.2) is 4.98 Å². The molecule has 0 aromatic carbocycles. The number of aromatic nitrogens is 1. The van der Waals surface area contributed by atoms with Crippen molar-refractivity contribution in [3.8, 4) is 0 Å². The second-order valence-electron chi connectivity index (χ2n) is 5.50. The first-order valence-electron chi connectivity index (χ1n) is 8.13. The van der Waals surface area contributed by atoms with Gasteiger partial charge in [-0.2, -0.15) is 0 Å². The van der Waals surface area contributed by atoms with Gasteiger partial charge < -0.3 is 5.32 Å². The Morgan fingerprint density at radius 2 is 1.67 bits per heavy atom. The van der Waals surface area contributed by atoms with Crippen LogP contribution in [0.3, 0.4) is 0 Å². The summed E-state index contributed by atoms with van der Waals surface area (Å²) >= 11 is 5.70. The molecule has 1 aromatic heterocycles. The number of hydrogen-bond donors (Lipinski definition) is 1. The number of nitrogens with zero attached hydrogens (tertiary/aromatic N) is 1. The molecule has 0 saturated heterocycles. The summed E-state index contributed by atoms with van der Waals surface area (Å²) in [7, 11) is 0. The van der Waals surface area contributed by atoms with E-state index in [-0.39, 0.29) is 5.91 Å². The van der Waals surface area contributed by atoms with Crippen molar-refractivity contribution in [1.29, 1.82) is 0 Å². The summed E-state index contributed by atoms with van der Waals surface area (Å²) in [5.41, 5.74) is 0.709. The fraction of sp³-hybridized carbons (Fsp3) is 0.647. The third-order valence-electron chi connectivity index (χ3n) is 3.52. The smallest absolute Gasteiger partial charge is 0.224 e. The highest BCUT2D eigenvalue weighted by atomic mass is 35.5. The van der Waals surface area contributed by atoms with Crippen LogP contribution >= 0.6 is 11.6 Å². The van der Waals surface area contributed by atoms with E-state index in [0.717, 1.165) is 12.8 Å². The molecule has 1 aromatic rings. The molecule has 1 rings (SSSR count). The van der Waals surface area contributed by atoms with Gasteiger partial charge in [-0.1, -0.05) is 69.9 Å². The van der Waals surface area contributed by atoms with Crippen LogP contribution in [0.15, 0.2) is 18.3 Å². The molecule has 4 heteroatoms. The van der Waals surface area contributed by atoms with E-state index in [4.69, 9.17) is 11.6 Å². The third kappa shape index (κ3) is 9.46. The van der Waals surface area contributed by atoms with Crippen molar-refractivity contribution in [2.24, 2.45) is 0 Å². The topological polar surface area (TPSA) is 42.0 Å². The number of unbranched alkanes of at least 4 members (excludes halogenated alkanes) is 8. The summed E-state index contributed by atoms with van der Waals surface area (Å²) in [4.78, 5) is 15.7. The molecule has 3 nitrogen and oxygen atoms in total. The van der Waals surface area contributed by atoms with Crippen LogP contribution in [0.5, 0.6) is 0 Å². The number of amides is 1. The van der Waals surface area contributed by atoms with Crippen LogP contribution < -0.4 is 5.32 Å². The van der Waals surface area contributed by atoms with Crippen molar-refractivity contribution >= 4 is 23.2 Å². The monoisotopic (exact) mass is 310 g/mol. The molecule has 0 saturated carbocycles. The number of pyridine rings is 1. The summed E-state index contributed by atoms with van der Waals surface area (Å²) in [6, 6.07) is 3.44. The summed E-state index contributed by atoms with van der Waals surface area (Å²) in [6.45, 7) is 2.24. The molecular weight excluding hydrogens is 284 g/mol. The standard InChI is InChI=1S/C17H27ClN2O/c1-2-3-4-5-6-7-8-9-10-11-17(21)20-15-12-13-16(18)19-14-15/h12-14H,2-11H2,1H3,(H,20,21). The van der Waals surface area contributed by atoms with Crippen LogP contribution in [0, 0.1) is 0 Å². The van der Waals surface area contributed by atoms with Gasteiger partial charge >= 0.3 is 0 Å². The van der Waals surface area contributed by atoms with Crippen LogP contribution in [-0.4, -0.2) is 10.9 Å². The molecule has 0 atom stereocenters. The zero-order chi connectivity index (χ0) is 15.3. The molecular formula is C17H27ClN2O. The van der Waals surface area contributed by atoms with E-state index in [0.29, 0.717) is 17.3 Å². The van der Waals surface area contributed by atoms with E-state index in [9.17, 15) is 4.79 Å². The van der Waals surface area contributed by atoms with Crippen LogP contribution in [0.4, 0.5) is 5.69 Å². The Hall–Kier alpha value is -1.09. The lowest BCUT2D eigenvalue weighted by Crippen LogP contribution is -2.11. The molecule has 21 heavy (non-hydrogen) atoms. The lowest BCUT2D eigenvalue weighted by atomic mass is 10.1. The first-order valence-corrected chi connectivity index (χ1v) is 8.51. The molecule has 0 fully saturated rings. The number of hydrogen-bond acceptors (Lipinski definition) is 2. The van der Waals surface area contributed by atoms with Crippen molar-refractivity contribution in [3.63, 3.8) is 0 Å². The van der Waals surface area contributed by atoms with Gasteiger partial charge in [0.2, 0.25) is 5.91 Å². The molecule has 0 aliphatic heterocycles. The van der Waals surface area contributed by atoms with E-state index in [2.05, 4.69) is 17.2 Å². The fourth-order valence-electron chi connectivity index (χ4n) is 2.27.